The highest BCUT2D eigenvalue weighted by molar-refractivity contribution is 5.91. The molecule has 2 heterocycles. The molecule has 1 aliphatic heterocycles. The number of nitrogens with zero attached hydrogens (tertiary/aromatic N) is 3. The molecule has 0 saturated heterocycles. The van der Waals surface area contributed by atoms with E-state index in [0.717, 1.165) is 28.7 Å². The van der Waals surface area contributed by atoms with Crippen LogP contribution in [0, 0.1) is 0 Å². The lowest BCUT2D eigenvalue weighted by molar-refractivity contribution is -0.143. The summed E-state index contributed by atoms with van der Waals surface area (Å²) in [6.45, 7) is 2.25. The SMILES string of the molecule is CCOC(=O)c1cnn(-c2cccc3c2CCN3C)c1C(F)(F)F. The van der Waals surface area contributed by atoms with Gasteiger partial charge in [-0.2, -0.15) is 18.3 Å². The summed E-state index contributed by atoms with van der Waals surface area (Å²) in [5.74, 6) is -1.03. The number of halogens is 3. The molecular weight excluding hydrogens is 323 g/mol. The molecule has 2 aromatic rings. The number of likely N-dealkylation sites (N-methyl/N-ethyl adjacent to an activating group) is 1. The number of ether oxygens (including phenoxy) is 1. The van der Waals surface area contributed by atoms with Gasteiger partial charge in [0, 0.05) is 24.8 Å². The van der Waals surface area contributed by atoms with Crippen LogP contribution in [0.25, 0.3) is 5.69 Å². The van der Waals surface area contributed by atoms with E-state index in [0.29, 0.717) is 12.1 Å². The largest absolute Gasteiger partial charge is 0.462 e. The quantitative estimate of drug-likeness (QED) is 0.807. The molecule has 5 nitrogen and oxygen atoms in total. The average Bonchev–Trinajstić information content (AvgIpc) is 3.11. The van der Waals surface area contributed by atoms with Crippen molar-refractivity contribution in [3.8, 4) is 5.69 Å². The van der Waals surface area contributed by atoms with Gasteiger partial charge in [0.15, 0.2) is 5.69 Å². The van der Waals surface area contributed by atoms with E-state index in [9.17, 15) is 18.0 Å². The van der Waals surface area contributed by atoms with Gasteiger partial charge < -0.3 is 9.64 Å². The van der Waals surface area contributed by atoms with Crippen LogP contribution < -0.4 is 4.90 Å². The van der Waals surface area contributed by atoms with E-state index in [4.69, 9.17) is 4.74 Å². The summed E-state index contributed by atoms with van der Waals surface area (Å²) in [7, 11) is 1.88. The second kappa shape index (κ2) is 5.85. The fourth-order valence-corrected chi connectivity index (χ4v) is 2.94. The highest BCUT2D eigenvalue weighted by Gasteiger charge is 2.41. The first kappa shape index (κ1) is 16.4. The van der Waals surface area contributed by atoms with Crippen LogP contribution in [0.3, 0.4) is 0 Å². The lowest BCUT2D eigenvalue weighted by atomic mass is 10.1. The van der Waals surface area contributed by atoms with Gasteiger partial charge in [0.25, 0.3) is 0 Å². The smallest absolute Gasteiger partial charge is 0.434 e. The van der Waals surface area contributed by atoms with Gasteiger partial charge in [-0.05, 0) is 25.5 Å². The Kier molecular flexibility index (Phi) is 3.98. The van der Waals surface area contributed by atoms with Crippen LogP contribution in [0.4, 0.5) is 18.9 Å². The van der Waals surface area contributed by atoms with Crippen LogP contribution in [0.5, 0.6) is 0 Å². The van der Waals surface area contributed by atoms with E-state index in [1.54, 1.807) is 12.1 Å². The summed E-state index contributed by atoms with van der Waals surface area (Å²) < 4.78 is 46.3. The van der Waals surface area contributed by atoms with Crippen molar-refractivity contribution in [1.29, 1.82) is 0 Å². The Labute approximate surface area is 136 Å². The van der Waals surface area contributed by atoms with E-state index in [-0.39, 0.29) is 6.61 Å². The molecule has 3 rings (SSSR count). The van der Waals surface area contributed by atoms with E-state index < -0.39 is 23.4 Å². The van der Waals surface area contributed by atoms with Crippen molar-refractivity contribution in [2.24, 2.45) is 0 Å². The zero-order valence-corrected chi connectivity index (χ0v) is 13.2. The Morgan fingerprint density at radius 2 is 2.04 bits per heavy atom. The summed E-state index contributed by atoms with van der Waals surface area (Å²) in [6.07, 6.45) is -3.20. The molecule has 1 aromatic heterocycles. The van der Waals surface area contributed by atoms with Crippen LogP contribution in [-0.2, 0) is 17.3 Å². The topological polar surface area (TPSA) is 47.4 Å². The highest BCUT2D eigenvalue weighted by Crippen LogP contribution is 2.37. The van der Waals surface area contributed by atoms with Crippen molar-refractivity contribution in [2.45, 2.75) is 19.5 Å². The zero-order valence-electron chi connectivity index (χ0n) is 13.2. The minimum absolute atomic E-state index is 0.00710. The third-order valence-electron chi connectivity index (χ3n) is 4.00. The number of carbonyl (C=O) groups is 1. The van der Waals surface area contributed by atoms with Crippen molar-refractivity contribution >= 4 is 11.7 Å². The number of hydrogen-bond acceptors (Lipinski definition) is 4. The number of anilines is 1. The van der Waals surface area contributed by atoms with Gasteiger partial charge >= 0.3 is 12.1 Å². The van der Waals surface area contributed by atoms with Gasteiger partial charge in [-0.3, -0.25) is 0 Å². The van der Waals surface area contributed by atoms with Gasteiger partial charge in [0.2, 0.25) is 0 Å². The van der Waals surface area contributed by atoms with Crippen molar-refractivity contribution in [2.75, 3.05) is 25.1 Å². The minimum Gasteiger partial charge on any atom is -0.462 e. The normalized spacial score (nSPS) is 14.0. The summed E-state index contributed by atoms with van der Waals surface area (Å²) in [4.78, 5) is 13.8. The molecule has 8 heteroatoms. The van der Waals surface area contributed by atoms with Crippen molar-refractivity contribution < 1.29 is 22.7 Å². The third kappa shape index (κ3) is 2.61. The maximum absolute atomic E-state index is 13.6. The van der Waals surface area contributed by atoms with Crippen molar-refractivity contribution in [3.05, 3.63) is 41.2 Å². The first-order valence-electron chi connectivity index (χ1n) is 7.50. The molecule has 0 bridgehead atoms. The number of aromatic nitrogens is 2. The number of esters is 1. The number of fused-ring (bicyclic) bond motifs is 1. The maximum Gasteiger partial charge on any atom is 0.434 e. The molecule has 0 aliphatic carbocycles. The fraction of sp³-hybridized carbons (Fsp3) is 0.375. The van der Waals surface area contributed by atoms with Gasteiger partial charge in [0.1, 0.15) is 5.56 Å². The van der Waals surface area contributed by atoms with Crippen LogP contribution in [0.2, 0.25) is 0 Å². The summed E-state index contributed by atoms with van der Waals surface area (Å²) >= 11 is 0. The average molecular weight is 339 g/mol. The predicted octanol–water partition coefficient (Wildman–Crippen LogP) is 3.06. The molecule has 128 valence electrons. The second-order valence-corrected chi connectivity index (χ2v) is 5.48. The number of alkyl halides is 3. The molecular formula is C16H16F3N3O2. The molecule has 24 heavy (non-hydrogen) atoms. The summed E-state index contributed by atoms with van der Waals surface area (Å²) in [5.41, 5.74) is 0.301. The minimum atomic E-state index is -4.73. The molecule has 1 aliphatic rings. The zero-order chi connectivity index (χ0) is 17.5. The monoisotopic (exact) mass is 339 g/mol. The third-order valence-corrected chi connectivity index (χ3v) is 4.00. The molecule has 0 amide bonds. The second-order valence-electron chi connectivity index (χ2n) is 5.48. The highest BCUT2D eigenvalue weighted by atomic mass is 19.4. The molecule has 0 atom stereocenters. The van der Waals surface area contributed by atoms with E-state index in [1.165, 1.54) is 6.92 Å². The van der Waals surface area contributed by atoms with Crippen molar-refractivity contribution in [3.63, 3.8) is 0 Å². The van der Waals surface area contributed by atoms with Crippen LogP contribution >= 0.6 is 0 Å². The lowest BCUT2D eigenvalue weighted by Crippen LogP contribution is -2.19. The maximum atomic E-state index is 13.6. The number of carbonyl (C=O) groups excluding carboxylic acids is 1. The number of benzene rings is 1. The molecule has 0 spiro atoms. The number of rotatable bonds is 3. The van der Waals surface area contributed by atoms with Crippen LogP contribution in [0.1, 0.15) is 28.5 Å². The lowest BCUT2D eigenvalue weighted by Gasteiger charge is -2.16. The van der Waals surface area contributed by atoms with E-state index in [1.807, 2.05) is 18.0 Å². The molecule has 0 unspecified atom stereocenters. The molecule has 0 fully saturated rings. The summed E-state index contributed by atoms with van der Waals surface area (Å²) in [5, 5.41) is 3.84. The van der Waals surface area contributed by atoms with E-state index in [2.05, 4.69) is 5.10 Å². The van der Waals surface area contributed by atoms with Gasteiger partial charge in [0.05, 0.1) is 18.5 Å². The van der Waals surface area contributed by atoms with Gasteiger partial charge in [-0.15, -0.1) is 0 Å². The Balaban J connectivity index is 2.19. The fourth-order valence-electron chi connectivity index (χ4n) is 2.94. The van der Waals surface area contributed by atoms with Crippen LogP contribution in [-0.4, -0.2) is 35.9 Å². The first-order valence-corrected chi connectivity index (χ1v) is 7.50. The molecule has 0 N–H and O–H groups in total. The molecule has 1 aromatic carbocycles. The van der Waals surface area contributed by atoms with E-state index >= 15 is 0 Å². The standard InChI is InChI=1S/C16H16F3N3O2/c1-3-24-15(23)11-9-20-22(14(11)16(17,18)19)13-6-4-5-12-10(13)7-8-21(12)2/h4-6,9H,3,7-8H2,1-2H3. The predicted molar refractivity (Wildman–Crippen MR) is 81.5 cm³/mol. The Hall–Kier alpha value is -2.51. The molecule has 0 saturated carbocycles. The Bertz CT molecular complexity index is 783. The first-order chi connectivity index (χ1) is 11.3. The van der Waals surface area contributed by atoms with Crippen molar-refractivity contribution in [1.82, 2.24) is 9.78 Å². The molecule has 0 radical (unpaired) electrons. The number of hydrogen-bond donors (Lipinski definition) is 0. The van der Waals surface area contributed by atoms with Gasteiger partial charge in [-0.25, -0.2) is 9.48 Å². The summed E-state index contributed by atoms with van der Waals surface area (Å²) in [6, 6.07) is 5.12. The Morgan fingerprint density at radius 3 is 2.71 bits per heavy atom. The van der Waals surface area contributed by atoms with Crippen LogP contribution in [0.15, 0.2) is 24.4 Å². The Morgan fingerprint density at radius 1 is 1.33 bits per heavy atom. The van der Waals surface area contributed by atoms with Gasteiger partial charge in [-0.1, -0.05) is 6.07 Å².